The van der Waals surface area contributed by atoms with Crippen molar-refractivity contribution in [3.05, 3.63) is 29.8 Å². The maximum absolute atomic E-state index is 11.5. The van der Waals surface area contributed by atoms with Gasteiger partial charge in [-0.1, -0.05) is 26.0 Å². The van der Waals surface area contributed by atoms with Crippen molar-refractivity contribution in [2.24, 2.45) is 11.8 Å². The van der Waals surface area contributed by atoms with E-state index < -0.39 is 0 Å². The first kappa shape index (κ1) is 16.8. The van der Waals surface area contributed by atoms with E-state index in [4.69, 9.17) is 4.74 Å². The Labute approximate surface area is 133 Å². The summed E-state index contributed by atoms with van der Waals surface area (Å²) < 4.78 is 5.79. The normalized spacial score (nSPS) is 18.6. The molecule has 1 heterocycles. The molecule has 0 aromatic heterocycles. The molecule has 1 saturated heterocycles. The number of amides is 1. The third-order valence-corrected chi connectivity index (χ3v) is 4.01. The highest BCUT2D eigenvalue weighted by atomic mass is 16.5. The van der Waals surface area contributed by atoms with Gasteiger partial charge in [-0.2, -0.15) is 0 Å². The maximum Gasteiger partial charge on any atom is 0.220 e. The Balaban J connectivity index is 1.84. The Kier molecular flexibility index (Phi) is 6.25. The van der Waals surface area contributed by atoms with Crippen LogP contribution in [0.2, 0.25) is 0 Å². The van der Waals surface area contributed by atoms with E-state index in [0.717, 1.165) is 38.4 Å². The van der Waals surface area contributed by atoms with Crippen molar-refractivity contribution >= 4 is 5.91 Å². The van der Waals surface area contributed by atoms with Gasteiger partial charge in [0.1, 0.15) is 5.75 Å². The summed E-state index contributed by atoms with van der Waals surface area (Å²) in [5.41, 5.74) is 1.28. The molecule has 0 radical (unpaired) electrons. The van der Waals surface area contributed by atoms with Crippen LogP contribution in [0.5, 0.6) is 5.75 Å². The van der Waals surface area contributed by atoms with Crippen molar-refractivity contribution < 1.29 is 9.53 Å². The van der Waals surface area contributed by atoms with E-state index >= 15 is 0 Å². The molecular weight excluding hydrogens is 276 g/mol. The average molecular weight is 304 g/mol. The molecule has 22 heavy (non-hydrogen) atoms. The summed E-state index contributed by atoms with van der Waals surface area (Å²) in [5.74, 6) is 2.12. The standard InChI is InChI=1S/C18H28N2O2/c1-14(2)13-22-17-6-4-5-15(9-17)11-20-8-7-16(12-20)10-18(21)19-3/h4-6,9,14,16H,7-8,10-13H2,1-3H3,(H,19,21)/t16-/m0/s1. The molecule has 0 aliphatic carbocycles. The average Bonchev–Trinajstić information content (AvgIpc) is 2.92. The molecule has 1 amide bonds. The molecule has 1 N–H and O–H groups in total. The van der Waals surface area contributed by atoms with Gasteiger partial charge in [0.15, 0.2) is 0 Å². The van der Waals surface area contributed by atoms with Crippen molar-refractivity contribution in [1.29, 1.82) is 0 Å². The lowest BCUT2D eigenvalue weighted by Gasteiger charge is -2.17. The molecule has 0 spiro atoms. The van der Waals surface area contributed by atoms with Crippen LogP contribution in [-0.4, -0.2) is 37.6 Å². The largest absolute Gasteiger partial charge is 0.493 e. The van der Waals surface area contributed by atoms with Crippen LogP contribution < -0.4 is 10.1 Å². The zero-order chi connectivity index (χ0) is 15.9. The van der Waals surface area contributed by atoms with Crippen LogP contribution in [0, 0.1) is 11.8 Å². The lowest BCUT2D eigenvalue weighted by atomic mass is 10.0. The summed E-state index contributed by atoms with van der Waals surface area (Å²) >= 11 is 0. The molecule has 2 rings (SSSR count). The van der Waals surface area contributed by atoms with Crippen molar-refractivity contribution in [2.75, 3.05) is 26.7 Å². The quantitative estimate of drug-likeness (QED) is 0.842. The van der Waals surface area contributed by atoms with Crippen molar-refractivity contribution in [3.63, 3.8) is 0 Å². The number of ether oxygens (including phenoxy) is 1. The van der Waals surface area contributed by atoms with Gasteiger partial charge in [-0.3, -0.25) is 9.69 Å². The summed E-state index contributed by atoms with van der Waals surface area (Å²) in [5, 5.41) is 2.71. The fourth-order valence-corrected chi connectivity index (χ4v) is 2.84. The number of rotatable bonds is 7. The molecule has 1 atom stereocenters. The first-order chi connectivity index (χ1) is 10.6. The van der Waals surface area contributed by atoms with Crippen LogP contribution >= 0.6 is 0 Å². The van der Waals surface area contributed by atoms with Crippen LogP contribution in [0.4, 0.5) is 0 Å². The lowest BCUT2D eigenvalue weighted by molar-refractivity contribution is -0.121. The van der Waals surface area contributed by atoms with Gasteiger partial charge in [0.2, 0.25) is 5.91 Å². The second-order valence-corrected chi connectivity index (χ2v) is 6.62. The van der Waals surface area contributed by atoms with Gasteiger partial charge in [0.25, 0.3) is 0 Å². The minimum Gasteiger partial charge on any atom is -0.493 e. The van der Waals surface area contributed by atoms with E-state index in [9.17, 15) is 4.79 Å². The van der Waals surface area contributed by atoms with Crippen molar-refractivity contribution in [3.8, 4) is 5.75 Å². The highest BCUT2D eigenvalue weighted by molar-refractivity contribution is 5.75. The highest BCUT2D eigenvalue weighted by Crippen LogP contribution is 2.23. The predicted octanol–water partition coefficient (Wildman–Crippen LogP) is 2.68. The molecule has 1 aliphatic rings. The Morgan fingerprint density at radius 2 is 2.27 bits per heavy atom. The van der Waals surface area contributed by atoms with Gasteiger partial charge in [-0.05, 0) is 42.5 Å². The zero-order valence-corrected chi connectivity index (χ0v) is 14.0. The van der Waals surface area contributed by atoms with Gasteiger partial charge in [-0.25, -0.2) is 0 Å². The van der Waals surface area contributed by atoms with Gasteiger partial charge < -0.3 is 10.1 Å². The molecule has 1 aliphatic heterocycles. The summed E-state index contributed by atoms with van der Waals surface area (Å²) in [6.07, 6.45) is 1.75. The number of hydrogen-bond acceptors (Lipinski definition) is 3. The minimum atomic E-state index is 0.149. The summed E-state index contributed by atoms with van der Waals surface area (Å²) in [6, 6.07) is 8.36. The van der Waals surface area contributed by atoms with Gasteiger partial charge in [-0.15, -0.1) is 0 Å². The SMILES string of the molecule is CNC(=O)C[C@@H]1CCN(Cc2cccc(OCC(C)C)c2)C1. The number of nitrogens with zero attached hydrogens (tertiary/aromatic N) is 1. The van der Waals surface area contributed by atoms with E-state index in [1.54, 1.807) is 7.05 Å². The lowest BCUT2D eigenvalue weighted by Crippen LogP contribution is -2.24. The van der Waals surface area contributed by atoms with Crippen LogP contribution in [0.25, 0.3) is 0 Å². The Bertz CT molecular complexity index is 488. The Hall–Kier alpha value is -1.55. The second-order valence-electron chi connectivity index (χ2n) is 6.62. The zero-order valence-electron chi connectivity index (χ0n) is 14.0. The van der Waals surface area contributed by atoms with Gasteiger partial charge in [0, 0.05) is 26.6 Å². The van der Waals surface area contributed by atoms with E-state index in [1.807, 2.05) is 6.07 Å². The molecule has 0 bridgehead atoms. The van der Waals surface area contributed by atoms with E-state index in [2.05, 4.69) is 42.3 Å². The predicted molar refractivity (Wildman–Crippen MR) is 88.8 cm³/mol. The van der Waals surface area contributed by atoms with E-state index in [1.165, 1.54) is 5.56 Å². The van der Waals surface area contributed by atoms with Crippen LogP contribution in [-0.2, 0) is 11.3 Å². The molecule has 4 heteroatoms. The summed E-state index contributed by atoms with van der Waals surface area (Å²) in [4.78, 5) is 13.9. The fraction of sp³-hybridized carbons (Fsp3) is 0.611. The fourth-order valence-electron chi connectivity index (χ4n) is 2.84. The van der Waals surface area contributed by atoms with Crippen LogP contribution in [0.3, 0.4) is 0 Å². The monoisotopic (exact) mass is 304 g/mol. The van der Waals surface area contributed by atoms with Gasteiger partial charge >= 0.3 is 0 Å². The van der Waals surface area contributed by atoms with Gasteiger partial charge in [0.05, 0.1) is 6.61 Å². The van der Waals surface area contributed by atoms with Crippen LogP contribution in [0.15, 0.2) is 24.3 Å². The van der Waals surface area contributed by atoms with Crippen molar-refractivity contribution in [1.82, 2.24) is 10.2 Å². The number of nitrogens with one attached hydrogen (secondary N) is 1. The number of benzene rings is 1. The molecule has 1 aromatic rings. The highest BCUT2D eigenvalue weighted by Gasteiger charge is 2.24. The number of likely N-dealkylation sites (tertiary alicyclic amines) is 1. The first-order valence-corrected chi connectivity index (χ1v) is 8.21. The molecule has 122 valence electrons. The van der Waals surface area contributed by atoms with Crippen molar-refractivity contribution in [2.45, 2.75) is 33.2 Å². The molecule has 4 nitrogen and oxygen atoms in total. The maximum atomic E-state index is 11.5. The third kappa shape index (κ3) is 5.34. The minimum absolute atomic E-state index is 0.149. The molecule has 1 aromatic carbocycles. The summed E-state index contributed by atoms with van der Waals surface area (Å²) in [6.45, 7) is 8.06. The van der Waals surface area contributed by atoms with E-state index in [0.29, 0.717) is 18.3 Å². The number of carbonyl (C=O) groups is 1. The Morgan fingerprint density at radius 1 is 1.45 bits per heavy atom. The number of hydrogen-bond donors (Lipinski definition) is 1. The molecule has 1 fully saturated rings. The Morgan fingerprint density at radius 3 is 3.00 bits per heavy atom. The number of carbonyl (C=O) groups excluding carboxylic acids is 1. The second kappa shape index (κ2) is 8.18. The van der Waals surface area contributed by atoms with Crippen LogP contribution in [0.1, 0.15) is 32.3 Å². The first-order valence-electron chi connectivity index (χ1n) is 8.21. The summed E-state index contributed by atoms with van der Waals surface area (Å²) in [7, 11) is 1.71. The molecule has 0 unspecified atom stereocenters. The van der Waals surface area contributed by atoms with E-state index in [-0.39, 0.29) is 5.91 Å². The molecule has 0 saturated carbocycles. The third-order valence-electron chi connectivity index (χ3n) is 4.01. The smallest absolute Gasteiger partial charge is 0.220 e. The molecular formula is C18H28N2O2. The topological polar surface area (TPSA) is 41.6 Å².